The minimum Gasteiger partial charge on any atom is -0.497 e. The van der Waals surface area contributed by atoms with Gasteiger partial charge in [0.25, 0.3) is 5.91 Å². The number of hydrogen-bond acceptors (Lipinski definition) is 3. The first-order valence-corrected chi connectivity index (χ1v) is 7.60. The highest BCUT2D eigenvalue weighted by molar-refractivity contribution is 5.95. The van der Waals surface area contributed by atoms with E-state index in [2.05, 4.69) is 26.1 Å². The smallest absolute Gasteiger partial charge is 0.251 e. The summed E-state index contributed by atoms with van der Waals surface area (Å²) in [5, 5.41) is 2.99. The van der Waals surface area contributed by atoms with E-state index in [1.165, 1.54) is 19.3 Å². The lowest BCUT2D eigenvalue weighted by Crippen LogP contribution is -2.34. The molecule has 0 atom stereocenters. The fourth-order valence-corrected chi connectivity index (χ4v) is 2.23. The standard InChI is InChI=1S/C17H28N2O2/c1-5-6-7-8-17(2,3)12-19-16(20)13-9-14(18)11-15(10-13)21-4/h9-11H,5-8,12,18H2,1-4H3,(H,19,20). The highest BCUT2D eigenvalue weighted by Crippen LogP contribution is 2.23. The zero-order valence-corrected chi connectivity index (χ0v) is 13.7. The van der Waals surface area contributed by atoms with Crippen LogP contribution in [0.3, 0.4) is 0 Å². The van der Waals surface area contributed by atoms with Crippen LogP contribution in [0, 0.1) is 5.41 Å². The lowest BCUT2D eigenvalue weighted by Gasteiger charge is -2.25. The zero-order valence-electron chi connectivity index (χ0n) is 13.7. The van der Waals surface area contributed by atoms with Crippen LogP contribution in [0.15, 0.2) is 18.2 Å². The Balaban J connectivity index is 2.59. The fourth-order valence-electron chi connectivity index (χ4n) is 2.23. The van der Waals surface area contributed by atoms with Crippen molar-refractivity contribution >= 4 is 11.6 Å². The van der Waals surface area contributed by atoms with Gasteiger partial charge in [0.05, 0.1) is 7.11 Å². The van der Waals surface area contributed by atoms with E-state index in [4.69, 9.17) is 10.5 Å². The largest absolute Gasteiger partial charge is 0.497 e. The van der Waals surface area contributed by atoms with Gasteiger partial charge in [-0.05, 0) is 24.0 Å². The maximum Gasteiger partial charge on any atom is 0.251 e. The van der Waals surface area contributed by atoms with Crippen LogP contribution >= 0.6 is 0 Å². The second kappa shape index (κ2) is 7.91. The summed E-state index contributed by atoms with van der Waals surface area (Å²) in [7, 11) is 1.56. The normalized spacial score (nSPS) is 11.2. The Kier molecular flexibility index (Phi) is 6.53. The third-order valence-electron chi connectivity index (χ3n) is 3.61. The summed E-state index contributed by atoms with van der Waals surface area (Å²) in [5.74, 6) is 0.492. The lowest BCUT2D eigenvalue weighted by molar-refractivity contribution is 0.0933. The van der Waals surface area contributed by atoms with Crippen LogP contribution in [0.2, 0.25) is 0 Å². The molecule has 0 spiro atoms. The predicted octanol–water partition coefficient (Wildman–Crippen LogP) is 3.61. The molecule has 0 unspecified atom stereocenters. The number of ether oxygens (including phenoxy) is 1. The minimum atomic E-state index is -0.107. The SMILES string of the molecule is CCCCCC(C)(C)CNC(=O)c1cc(N)cc(OC)c1. The van der Waals surface area contributed by atoms with Crippen LogP contribution in [0.25, 0.3) is 0 Å². The minimum absolute atomic E-state index is 0.106. The van der Waals surface area contributed by atoms with Crippen LogP contribution in [0.4, 0.5) is 5.69 Å². The molecule has 118 valence electrons. The summed E-state index contributed by atoms with van der Waals surface area (Å²) < 4.78 is 5.14. The number of amides is 1. The van der Waals surface area contributed by atoms with Gasteiger partial charge in [0.2, 0.25) is 0 Å². The summed E-state index contributed by atoms with van der Waals surface area (Å²) in [5.41, 5.74) is 6.95. The average Bonchev–Trinajstić information content (AvgIpc) is 2.44. The van der Waals surface area contributed by atoms with Gasteiger partial charge in [-0.2, -0.15) is 0 Å². The molecule has 0 aliphatic carbocycles. The number of benzene rings is 1. The van der Waals surface area contributed by atoms with Crippen LogP contribution in [0.1, 0.15) is 56.8 Å². The topological polar surface area (TPSA) is 64.4 Å². The molecule has 0 aliphatic rings. The van der Waals surface area contributed by atoms with Gasteiger partial charge in [0.1, 0.15) is 5.75 Å². The van der Waals surface area contributed by atoms with Crippen molar-refractivity contribution in [3.63, 3.8) is 0 Å². The Morgan fingerprint density at radius 2 is 2.00 bits per heavy atom. The van der Waals surface area contributed by atoms with Gasteiger partial charge >= 0.3 is 0 Å². The summed E-state index contributed by atoms with van der Waals surface area (Å²) >= 11 is 0. The van der Waals surface area contributed by atoms with Crippen molar-refractivity contribution in [1.29, 1.82) is 0 Å². The predicted molar refractivity (Wildman–Crippen MR) is 87.7 cm³/mol. The van der Waals surface area contributed by atoms with E-state index in [1.54, 1.807) is 25.3 Å². The molecule has 0 aromatic heterocycles. The van der Waals surface area contributed by atoms with Gasteiger partial charge in [-0.15, -0.1) is 0 Å². The zero-order chi connectivity index (χ0) is 15.9. The third kappa shape index (κ3) is 6.06. The number of unbranched alkanes of at least 4 members (excludes halogenated alkanes) is 2. The van der Waals surface area contributed by atoms with Gasteiger partial charge in [-0.25, -0.2) is 0 Å². The molecule has 1 rings (SSSR count). The average molecular weight is 292 g/mol. The maximum absolute atomic E-state index is 12.2. The molecule has 1 amide bonds. The van der Waals surface area contributed by atoms with E-state index >= 15 is 0 Å². The molecule has 0 bridgehead atoms. The Labute approximate surface area is 128 Å². The fraction of sp³-hybridized carbons (Fsp3) is 0.588. The number of carbonyl (C=O) groups excluding carboxylic acids is 1. The van der Waals surface area contributed by atoms with E-state index < -0.39 is 0 Å². The molecule has 1 aromatic carbocycles. The van der Waals surface area contributed by atoms with Crippen molar-refractivity contribution in [2.45, 2.75) is 46.5 Å². The molecule has 21 heavy (non-hydrogen) atoms. The third-order valence-corrected chi connectivity index (χ3v) is 3.61. The summed E-state index contributed by atoms with van der Waals surface area (Å²) in [6.45, 7) is 7.22. The first kappa shape index (κ1) is 17.3. The molecule has 0 radical (unpaired) electrons. The number of nitrogens with two attached hydrogens (primary N) is 1. The number of hydrogen-bond donors (Lipinski definition) is 2. The molecular weight excluding hydrogens is 264 g/mol. The number of anilines is 1. The van der Waals surface area contributed by atoms with E-state index in [0.29, 0.717) is 23.5 Å². The summed E-state index contributed by atoms with van der Waals surface area (Å²) in [4.78, 5) is 12.2. The first-order chi connectivity index (χ1) is 9.88. The van der Waals surface area contributed by atoms with E-state index in [-0.39, 0.29) is 11.3 Å². The van der Waals surface area contributed by atoms with Gasteiger partial charge in [0, 0.05) is 23.9 Å². The van der Waals surface area contributed by atoms with Crippen molar-refractivity contribution in [1.82, 2.24) is 5.32 Å². The Bertz CT molecular complexity index is 470. The van der Waals surface area contributed by atoms with Gasteiger partial charge in [-0.3, -0.25) is 4.79 Å². The van der Waals surface area contributed by atoms with Gasteiger partial charge in [0.15, 0.2) is 0 Å². The molecule has 0 fully saturated rings. The molecule has 0 aliphatic heterocycles. The Hall–Kier alpha value is -1.71. The molecular formula is C17H28N2O2. The summed E-state index contributed by atoms with van der Waals surface area (Å²) in [6.07, 6.45) is 4.77. The quantitative estimate of drug-likeness (QED) is 0.568. The Morgan fingerprint density at radius 3 is 2.62 bits per heavy atom. The maximum atomic E-state index is 12.2. The molecule has 0 heterocycles. The first-order valence-electron chi connectivity index (χ1n) is 7.60. The van der Waals surface area contributed by atoms with Gasteiger partial charge in [-0.1, -0.05) is 40.0 Å². The van der Waals surface area contributed by atoms with E-state index in [0.717, 1.165) is 6.42 Å². The second-order valence-electron chi connectivity index (χ2n) is 6.30. The molecule has 4 heteroatoms. The highest BCUT2D eigenvalue weighted by atomic mass is 16.5. The number of carbonyl (C=O) groups is 1. The molecule has 4 nitrogen and oxygen atoms in total. The van der Waals surface area contributed by atoms with Crippen molar-refractivity contribution < 1.29 is 9.53 Å². The van der Waals surface area contributed by atoms with E-state index in [9.17, 15) is 4.79 Å². The van der Waals surface area contributed by atoms with Crippen LogP contribution in [-0.2, 0) is 0 Å². The number of rotatable bonds is 8. The van der Waals surface area contributed by atoms with Crippen molar-refractivity contribution in [3.8, 4) is 5.75 Å². The molecule has 3 N–H and O–H groups in total. The number of methoxy groups -OCH3 is 1. The van der Waals surface area contributed by atoms with Crippen molar-refractivity contribution in [3.05, 3.63) is 23.8 Å². The monoisotopic (exact) mass is 292 g/mol. The van der Waals surface area contributed by atoms with E-state index in [1.807, 2.05) is 0 Å². The Morgan fingerprint density at radius 1 is 1.29 bits per heavy atom. The van der Waals surface area contributed by atoms with Crippen LogP contribution < -0.4 is 15.8 Å². The summed E-state index contributed by atoms with van der Waals surface area (Å²) in [6, 6.07) is 5.07. The molecule has 1 aromatic rings. The number of nitrogen functional groups attached to an aromatic ring is 1. The number of nitrogens with one attached hydrogen (secondary N) is 1. The molecule has 0 saturated heterocycles. The second-order valence-corrected chi connectivity index (χ2v) is 6.30. The van der Waals surface area contributed by atoms with Crippen molar-refractivity contribution in [2.75, 3.05) is 19.4 Å². The van der Waals surface area contributed by atoms with Gasteiger partial charge < -0.3 is 15.8 Å². The lowest BCUT2D eigenvalue weighted by atomic mass is 9.87. The highest BCUT2D eigenvalue weighted by Gasteiger charge is 2.19. The van der Waals surface area contributed by atoms with Crippen molar-refractivity contribution in [2.24, 2.45) is 5.41 Å². The molecule has 0 saturated carbocycles. The van der Waals surface area contributed by atoms with Crippen LogP contribution in [-0.4, -0.2) is 19.6 Å². The van der Waals surface area contributed by atoms with Crippen LogP contribution in [0.5, 0.6) is 5.75 Å².